The zero-order chi connectivity index (χ0) is 22.7. The van der Waals surface area contributed by atoms with Gasteiger partial charge in [-0.1, -0.05) is 18.2 Å². The van der Waals surface area contributed by atoms with Crippen LogP contribution in [-0.4, -0.2) is 45.9 Å². The molecular formula is C27H34N2O3. The molecule has 1 aliphatic carbocycles. The highest BCUT2D eigenvalue weighted by atomic mass is 16.4. The van der Waals surface area contributed by atoms with Crippen molar-refractivity contribution in [2.24, 2.45) is 5.92 Å². The number of Topliss-reactive ketones (excluding diaryl/α,β-unsaturated/α-hetero) is 1. The van der Waals surface area contributed by atoms with E-state index in [0.717, 1.165) is 37.8 Å². The van der Waals surface area contributed by atoms with Crippen molar-refractivity contribution in [3.05, 3.63) is 52.7 Å². The molecule has 1 atom stereocenters. The third-order valence-electron chi connectivity index (χ3n) is 7.31. The van der Waals surface area contributed by atoms with Crippen LogP contribution in [-0.2, 0) is 28.9 Å². The average Bonchev–Trinajstić information content (AvgIpc) is 2.82. The molecule has 0 radical (unpaired) electrons. The Labute approximate surface area is 190 Å². The molecule has 2 aliphatic rings. The van der Waals surface area contributed by atoms with Gasteiger partial charge in [0.2, 0.25) is 0 Å². The van der Waals surface area contributed by atoms with E-state index < -0.39 is 12.0 Å². The minimum Gasteiger partial charge on any atom is -0.480 e. The molecule has 1 aromatic carbocycles. The predicted molar refractivity (Wildman–Crippen MR) is 126 cm³/mol. The van der Waals surface area contributed by atoms with Crippen molar-refractivity contribution in [1.82, 2.24) is 9.88 Å². The average molecular weight is 435 g/mol. The number of benzene rings is 1. The number of aliphatic carboxylic acids is 1. The number of aromatic nitrogens is 1. The lowest BCUT2D eigenvalue weighted by molar-refractivity contribution is -0.143. The number of nitrogens with zero attached hydrogens (tertiary/aromatic N) is 2. The van der Waals surface area contributed by atoms with Gasteiger partial charge >= 0.3 is 5.97 Å². The van der Waals surface area contributed by atoms with Crippen LogP contribution in [0.5, 0.6) is 0 Å². The van der Waals surface area contributed by atoms with E-state index in [1.807, 2.05) is 4.90 Å². The third kappa shape index (κ3) is 5.09. The van der Waals surface area contributed by atoms with E-state index in [1.54, 1.807) is 6.92 Å². The van der Waals surface area contributed by atoms with Crippen molar-refractivity contribution in [2.45, 2.75) is 71.3 Å². The van der Waals surface area contributed by atoms with Gasteiger partial charge in [-0.15, -0.1) is 0 Å². The molecule has 0 amide bonds. The lowest BCUT2D eigenvalue weighted by Crippen LogP contribution is -2.45. The highest BCUT2D eigenvalue weighted by Crippen LogP contribution is 2.28. The fourth-order valence-electron chi connectivity index (χ4n) is 5.07. The fourth-order valence-corrected chi connectivity index (χ4v) is 5.07. The minimum absolute atomic E-state index is 0.0551. The van der Waals surface area contributed by atoms with Gasteiger partial charge in [0.05, 0.1) is 5.69 Å². The normalized spacial score (nSPS) is 18.2. The van der Waals surface area contributed by atoms with Gasteiger partial charge in [0.25, 0.3) is 0 Å². The van der Waals surface area contributed by atoms with Crippen LogP contribution in [0.15, 0.2) is 30.3 Å². The largest absolute Gasteiger partial charge is 0.480 e. The first kappa shape index (κ1) is 22.7. The number of likely N-dealkylation sites (tertiary alicyclic amines) is 1. The molecular weight excluding hydrogens is 400 g/mol. The van der Waals surface area contributed by atoms with Crippen molar-refractivity contribution >= 4 is 11.8 Å². The van der Waals surface area contributed by atoms with Gasteiger partial charge < -0.3 is 5.11 Å². The van der Waals surface area contributed by atoms with Crippen molar-refractivity contribution in [1.29, 1.82) is 0 Å². The first-order valence-corrected chi connectivity index (χ1v) is 12.0. The van der Waals surface area contributed by atoms with E-state index in [9.17, 15) is 14.7 Å². The molecule has 1 aromatic heterocycles. The molecule has 170 valence electrons. The van der Waals surface area contributed by atoms with Gasteiger partial charge in [-0.05, 0) is 101 Å². The Morgan fingerprint density at radius 1 is 1.12 bits per heavy atom. The number of ketones is 1. The lowest BCUT2D eigenvalue weighted by atomic mass is 9.88. The molecule has 0 spiro atoms. The second kappa shape index (κ2) is 9.95. The van der Waals surface area contributed by atoms with Crippen LogP contribution < -0.4 is 0 Å². The summed E-state index contributed by atoms with van der Waals surface area (Å²) >= 11 is 0. The molecule has 5 heteroatoms. The van der Waals surface area contributed by atoms with E-state index >= 15 is 0 Å². The van der Waals surface area contributed by atoms with E-state index in [0.29, 0.717) is 25.3 Å². The zero-order valence-corrected chi connectivity index (χ0v) is 19.3. The molecule has 32 heavy (non-hydrogen) atoms. The quantitative estimate of drug-likeness (QED) is 0.688. The van der Waals surface area contributed by atoms with Gasteiger partial charge in [0.15, 0.2) is 0 Å². The summed E-state index contributed by atoms with van der Waals surface area (Å²) in [6.07, 6.45) is 7.48. The number of pyridine rings is 1. The second-order valence-corrected chi connectivity index (χ2v) is 9.45. The van der Waals surface area contributed by atoms with Crippen LogP contribution in [0.1, 0.15) is 61.4 Å². The fraction of sp³-hybridized carbons (Fsp3) is 0.519. The molecule has 5 nitrogen and oxygen atoms in total. The maximum absolute atomic E-state index is 12.8. The number of hydrogen-bond donors (Lipinski definition) is 1. The molecule has 1 fully saturated rings. The summed E-state index contributed by atoms with van der Waals surface area (Å²) in [5.41, 5.74) is 7.23. The van der Waals surface area contributed by atoms with Crippen LogP contribution >= 0.6 is 0 Å². The van der Waals surface area contributed by atoms with Crippen LogP contribution in [0.25, 0.3) is 11.3 Å². The van der Waals surface area contributed by atoms with Gasteiger partial charge in [0.1, 0.15) is 11.8 Å². The Kier molecular flexibility index (Phi) is 7.04. The number of piperidine rings is 1. The Bertz CT molecular complexity index is 992. The third-order valence-corrected chi connectivity index (χ3v) is 7.31. The van der Waals surface area contributed by atoms with Crippen LogP contribution in [0.4, 0.5) is 0 Å². The molecule has 0 saturated carbocycles. The van der Waals surface area contributed by atoms with E-state index in [-0.39, 0.29) is 5.92 Å². The van der Waals surface area contributed by atoms with Crippen molar-refractivity contribution in [2.75, 3.05) is 13.1 Å². The van der Waals surface area contributed by atoms with Gasteiger partial charge in [-0.2, -0.15) is 0 Å². The zero-order valence-electron chi connectivity index (χ0n) is 19.3. The van der Waals surface area contributed by atoms with Gasteiger partial charge in [-0.25, -0.2) is 0 Å². The Morgan fingerprint density at radius 3 is 2.62 bits per heavy atom. The summed E-state index contributed by atoms with van der Waals surface area (Å²) in [5, 5.41) is 9.19. The molecule has 4 rings (SSSR count). The molecule has 1 aliphatic heterocycles. The number of carbonyl (C=O) groups is 2. The van der Waals surface area contributed by atoms with Crippen molar-refractivity contribution in [3.8, 4) is 11.3 Å². The number of carboxylic acid groups (broad SMARTS) is 1. The number of hydrogen-bond acceptors (Lipinski definition) is 4. The maximum Gasteiger partial charge on any atom is 0.320 e. The maximum atomic E-state index is 12.8. The molecule has 0 bridgehead atoms. The molecule has 1 unspecified atom stereocenters. The molecule has 1 N–H and O–H groups in total. The first-order chi connectivity index (χ1) is 15.4. The summed E-state index contributed by atoms with van der Waals surface area (Å²) in [6.45, 7) is 5.21. The van der Waals surface area contributed by atoms with Crippen LogP contribution in [0.3, 0.4) is 0 Å². The topological polar surface area (TPSA) is 70.5 Å². The summed E-state index contributed by atoms with van der Waals surface area (Å²) in [4.78, 5) is 30.9. The number of carbonyl (C=O) groups excluding carboxylic acids is 1. The van der Waals surface area contributed by atoms with Crippen LogP contribution in [0.2, 0.25) is 0 Å². The van der Waals surface area contributed by atoms with Crippen molar-refractivity contribution < 1.29 is 14.7 Å². The number of fused-ring (bicyclic) bond motifs is 1. The van der Waals surface area contributed by atoms with Gasteiger partial charge in [0, 0.05) is 23.6 Å². The molecule has 1 saturated heterocycles. The first-order valence-electron chi connectivity index (χ1n) is 12.0. The molecule has 2 heterocycles. The SMILES string of the molecule is Cc1ccc(CCC(=O)C2CCN(C(C)C(=O)O)CC2)cc1-c1ccc2c(n1)CCCC2. The number of rotatable bonds is 7. The standard InChI is InChI=1S/C27H34N2O3/c1-18-7-8-20(17-23(18)25-11-10-21-5-3-4-6-24(21)28-25)9-12-26(30)22-13-15-29(16-14-22)19(2)27(31)32/h7-8,10-11,17,19,22H,3-6,9,12-16H2,1-2H3,(H,31,32). The predicted octanol–water partition coefficient (Wildman–Crippen LogP) is 4.62. The monoisotopic (exact) mass is 434 g/mol. The lowest BCUT2D eigenvalue weighted by Gasteiger charge is -2.33. The molecule has 2 aromatic rings. The number of carboxylic acids is 1. The van der Waals surface area contributed by atoms with E-state index in [2.05, 4.69) is 37.3 Å². The second-order valence-electron chi connectivity index (χ2n) is 9.45. The Morgan fingerprint density at radius 2 is 1.88 bits per heavy atom. The summed E-state index contributed by atoms with van der Waals surface area (Å²) < 4.78 is 0. The summed E-state index contributed by atoms with van der Waals surface area (Å²) in [5.74, 6) is -0.431. The van der Waals surface area contributed by atoms with E-state index in [1.165, 1.54) is 40.8 Å². The smallest absolute Gasteiger partial charge is 0.320 e. The van der Waals surface area contributed by atoms with Crippen LogP contribution in [0, 0.1) is 12.8 Å². The highest BCUT2D eigenvalue weighted by molar-refractivity contribution is 5.81. The van der Waals surface area contributed by atoms with Gasteiger partial charge in [-0.3, -0.25) is 19.5 Å². The summed E-state index contributed by atoms with van der Waals surface area (Å²) in [6, 6.07) is 10.4. The number of aryl methyl sites for hydroxylation is 4. The minimum atomic E-state index is -0.793. The summed E-state index contributed by atoms with van der Waals surface area (Å²) in [7, 11) is 0. The van der Waals surface area contributed by atoms with Crippen molar-refractivity contribution in [3.63, 3.8) is 0 Å². The Hall–Kier alpha value is -2.53. The highest BCUT2D eigenvalue weighted by Gasteiger charge is 2.29. The Balaban J connectivity index is 1.37. The van der Waals surface area contributed by atoms with E-state index in [4.69, 9.17) is 4.98 Å².